The zero-order valence-corrected chi connectivity index (χ0v) is 15.6. The standard InChI is InChI=1S/C20H19FN2O2S/c1-12-4-8-16(9-5-12)25-11-18-22-14(3)19(26-18)20(24)23-15-7-6-13(2)17(21)10-15/h4-10H,11H2,1-3H3,(H,23,24). The van der Waals surface area contributed by atoms with Gasteiger partial charge in [0.25, 0.3) is 5.91 Å². The first-order chi connectivity index (χ1) is 12.4. The van der Waals surface area contributed by atoms with Crippen molar-refractivity contribution in [1.82, 2.24) is 4.98 Å². The second-order valence-corrected chi connectivity index (χ2v) is 7.13. The first kappa shape index (κ1) is 18.1. The highest BCUT2D eigenvalue weighted by molar-refractivity contribution is 7.13. The molecule has 6 heteroatoms. The van der Waals surface area contributed by atoms with Crippen LogP contribution < -0.4 is 10.1 Å². The maximum Gasteiger partial charge on any atom is 0.267 e. The Morgan fingerprint density at radius 2 is 1.88 bits per heavy atom. The van der Waals surface area contributed by atoms with Gasteiger partial charge in [-0.3, -0.25) is 4.79 Å². The highest BCUT2D eigenvalue weighted by Gasteiger charge is 2.16. The first-order valence-corrected chi connectivity index (χ1v) is 8.97. The zero-order chi connectivity index (χ0) is 18.7. The van der Waals surface area contributed by atoms with E-state index in [0.29, 0.717) is 33.4 Å². The molecular weight excluding hydrogens is 351 g/mol. The van der Waals surface area contributed by atoms with Gasteiger partial charge < -0.3 is 10.1 Å². The van der Waals surface area contributed by atoms with Crippen LogP contribution in [0.1, 0.15) is 31.5 Å². The molecule has 0 unspecified atom stereocenters. The monoisotopic (exact) mass is 370 g/mol. The largest absolute Gasteiger partial charge is 0.486 e. The molecule has 134 valence electrons. The van der Waals surface area contributed by atoms with Crippen LogP contribution in [0.25, 0.3) is 0 Å². The highest BCUT2D eigenvalue weighted by atomic mass is 32.1. The first-order valence-electron chi connectivity index (χ1n) is 8.15. The van der Waals surface area contributed by atoms with E-state index in [4.69, 9.17) is 4.74 Å². The Hall–Kier alpha value is -2.73. The molecule has 0 fully saturated rings. The molecule has 2 aromatic carbocycles. The minimum Gasteiger partial charge on any atom is -0.486 e. The van der Waals surface area contributed by atoms with Gasteiger partial charge in [0, 0.05) is 5.69 Å². The summed E-state index contributed by atoms with van der Waals surface area (Å²) in [4.78, 5) is 17.3. The summed E-state index contributed by atoms with van der Waals surface area (Å²) in [5.74, 6) is 0.102. The Labute approximate surface area is 155 Å². The van der Waals surface area contributed by atoms with Crippen LogP contribution in [-0.2, 0) is 6.61 Å². The number of benzene rings is 2. The van der Waals surface area contributed by atoms with Crippen LogP contribution in [0.15, 0.2) is 42.5 Å². The number of nitrogens with zero attached hydrogens (tertiary/aromatic N) is 1. The maximum atomic E-state index is 13.6. The molecule has 3 aromatic rings. The summed E-state index contributed by atoms with van der Waals surface area (Å²) in [5.41, 5.74) is 2.74. The fourth-order valence-electron chi connectivity index (χ4n) is 2.36. The van der Waals surface area contributed by atoms with Gasteiger partial charge in [0.05, 0.1) is 5.69 Å². The molecule has 1 amide bonds. The number of carbonyl (C=O) groups excluding carboxylic acids is 1. The van der Waals surface area contributed by atoms with Crippen molar-refractivity contribution in [2.75, 3.05) is 5.32 Å². The molecule has 0 saturated carbocycles. The van der Waals surface area contributed by atoms with Gasteiger partial charge in [-0.1, -0.05) is 23.8 Å². The molecule has 4 nitrogen and oxygen atoms in total. The van der Waals surface area contributed by atoms with Crippen molar-refractivity contribution in [2.45, 2.75) is 27.4 Å². The summed E-state index contributed by atoms with van der Waals surface area (Å²) in [6, 6.07) is 12.4. The quantitative estimate of drug-likeness (QED) is 0.685. The second kappa shape index (κ2) is 7.66. The van der Waals surface area contributed by atoms with E-state index in [9.17, 15) is 9.18 Å². The van der Waals surface area contributed by atoms with E-state index in [0.717, 1.165) is 11.3 Å². The number of aryl methyl sites for hydroxylation is 3. The van der Waals surface area contributed by atoms with Gasteiger partial charge in [0.2, 0.25) is 0 Å². The number of nitrogens with one attached hydrogen (secondary N) is 1. The molecule has 26 heavy (non-hydrogen) atoms. The summed E-state index contributed by atoms with van der Waals surface area (Å²) in [6.07, 6.45) is 0. The predicted molar refractivity (Wildman–Crippen MR) is 101 cm³/mol. The molecule has 1 heterocycles. The van der Waals surface area contributed by atoms with E-state index in [-0.39, 0.29) is 11.7 Å². The van der Waals surface area contributed by atoms with Crippen molar-refractivity contribution in [1.29, 1.82) is 0 Å². The second-order valence-electron chi connectivity index (χ2n) is 6.04. The minimum absolute atomic E-state index is 0.293. The van der Waals surface area contributed by atoms with Crippen LogP contribution in [0.2, 0.25) is 0 Å². The van der Waals surface area contributed by atoms with Gasteiger partial charge in [0.15, 0.2) is 0 Å². The minimum atomic E-state index is -0.351. The summed E-state index contributed by atoms with van der Waals surface area (Å²) < 4.78 is 19.3. The Morgan fingerprint density at radius 3 is 2.58 bits per heavy atom. The van der Waals surface area contributed by atoms with E-state index in [2.05, 4.69) is 10.3 Å². The van der Waals surface area contributed by atoms with Crippen LogP contribution in [0.4, 0.5) is 10.1 Å². The zero-order valence-electron chi connectivity index (χ0n) is 14.8. The van der Waals surface area contributed by atoms with Crippen molar-refractivity contribution in [3.05, 3.63) is 75.0 Å². The lowest BCUT2D eigenvalue weighted by Crippen LogP contribution is -2.11. The number of thiazole rings is 1. The van der Waals surface area contributed by atoms with Crippen molar-refractivity contribution in [2.24, 2.45) is 0 Å². The summed E-state index contributed by atoms with van der Waals surface area (Å²) in [5, 5.41) is 3.42. The summed E-state index contributed by atoms with van der Waals surface area (Å²) >= 11 is 1.27. The normalized spacial score (nSPS) is 10.6. The molecule has 0 radical (unpaired) electrons. The van der Waals surface area contributed by atoms with Gasteiger partial charge in [0.1, 0.15) is 28.1 Å². The molecule has 0 saturated heterocycles. The fourth-order valence-corrected chi connectivity index (χ4v) is 3.24. The Morgan fingerprint density at radius 1 is 1.15 bits per heavy atom. The lowest BCUT2D eigenvalue weighted by molar-refractivity contribution is 0.103. The number of aromatic nitrogens is 1. The van der Waals surface area contributed by atoms with E-state index >= 15 is 0 Å². The SMILES string of the molecule is Cc1ccc(OCc2nc(C)c(C(=O)Nc3ccc(C)c(F)c3)s2)cc1. The summed E-state index contributed by atoms with van der Waals surface area (Å²) in [7, 11) is 0. The number of hydrogen-bond acceptors (Lipinski definition) is 4. The highest BCUT2D eigenvalue weighted by Crippen LogP contribution is 2.22. The number of rotatable bonds is 5. The van der Waals surface area contributed by atoms with Crippen LogP contribution in [0, 0.1) is 26.6 Å². The Balaban J connectivity index is 1.67. The maximum absolute atomic E-state index is 13.6. The molecule has 0 aliphatic heterocycles. The van der Waals surface area contributed by atoms with E-state index in [1.807, 2.05) is 31.2 Å². The molecule has 3 rings (SSSR count). The average Bonchev–Trinajstić information content (AvgIpc) is 2.98. The van der Waals surface area contributed by atoms with E-state index in [1.165, 1.54) is 17.4 Å². The lowest BCUT2D eigenvalue weighted by Gasteiger charge is -2.05. The van der Waals surface area contributed by atoms with Crippen LogP contribution in [-0.4, -0.2) is 10.9 Å². The molecule has 1 aromatic heterocycles. The van der Waals surface area contributed by atoms with Crippen molar-refractivity contribution in [3.8, 4) is 5.75 Å². The number of ether oxygens (including phenoxy) is 1. The van der Waals surface area contributed by atoms with Crippen molar-refractivity contribution >= 4 is 22.9 Å². The fraction of sp³-hybridized carbons (Fsp3) is 0.200. The van der Waals surface area contributed by atoms with Gasteiger partial charge in [-0.2, -0.15) is 0 Å². The molecule has 1 N–H and O–H groups in total. The van der Waals surface area contributed by atoms with Crippen LogP contribution in [0.3, 0.4) is 0 Å². The third-order valence-electron chi connectivity index (χ3n) is 3.86. The third kappa shape index (κ3) is 4.26. The Bertz CT molecular complexity index is 935. The topological polar surface area (TPSA) is 51.2 Å². The van der Waals surface area contributed by atoms with Crippen molar-refractivity contribution in [3.63, 3.8) is 0 Å². The molecule has 0 spiro atoms. The van der Waals surface area contributed by atoms with Gasteiger partial charge in [-0.25, -0.2) is 9.37 Å². The van der Waals surface area contributed by atoms with Crippen LogP contribution in [0.5, 0.6) is 5.75 Å². The van der Waals surface area contributed by atoms with E-state index in [1.54, 1.807) is 26.0 Å². The number of anilines is 1. The summed E-state index contributed by atoms with van der Waals surface area (Å²) in [6.45, 7) is 5.75. The van der Waals surface area contributed by atoms with Crippen molar-refractivity contribution < 1.29 is 13.9 Å². The lowest BCUT2D eigenvalue weighted by atomic mass is 10.2. The van der Waals surface area contributed by atoms with E-state index < -0.39 is 0 Å². The molecule has 0 atom stereocenters. The number of amides is 1. The average molecular weight is 370 g/mol. The predicted octanol–water partition coefficient (Wildman–Crippen LogP) is 5.04. The van der Waals surface area contributed by atoms with Gasteiger partial charge in [-0.15, -0.1) is 11.3 Å². The number of hydrogen-bond donors (Lipinski definition) is 1. The smallest absolute Gasteiger partial charge is 0.267 e. The third-order valence-corrected chi connectivity index (χ3v) is 4.99. The van der Waals surface area contributed by atoms with Gasteiger partial charge >= 0.3 is 0 Å². The Kier molecular flexibility index (Phi) is 5.32. The molecule has 0 aliphatic carbocycles. The van der Waals surface area contributed by atoms with Gasteiger partial charge in [-0.05, 0) is 50.6 Å². The molecule has 0 bridgehead atoms. The van der Waals surface area contributed by atoms with Crippen LogP contribution >= 0.6 is 11.3 Å². The molecular formula is C20H19FN2O2S. The molecule has 0 aliphatic rings. The number of carbonyl (C=O) groups is 1. The number of halogens is 1.